The first-order chi connectivity index (χ1) is 6.46. The smallest absolute Gasteiger partial charge is 0.335 e. The number of ether oxygens (including phenoxy) is 1. The van der Waals surface area contributed by atoms with Gasteiger partial charge in [0, 0.05) is 5.18 Å². The molecule has 1 rings (SSSR count). The van der Waals surface area contributed by atoms with Gasteiger partial charge in [-0.2, -0.15) is 0 Å². The molecule has 0 radical (unpaired) electrons. The second-order valence-corrected chi connectivity index (χ2v) is 3.01. The van der Waals surface area contributed by atoms with E-state index in [1.54, 1.807) is 0 Å². The Hall–Kier alpha value is -0.640. The second kappa shape index (κ2) is 3.85. The molecule has 0 aromatic heterocycles. The van der Waals surface area contributed by atoms with Crippen LogP contribution < -0.4 is 0 Å². The largest absolute Gasteiger partial charge is 0.394 e. The molecule has 0 aromatic carbocycles. The molecular weight excluding hydrogens is 198 g/mol. The Labute approximate surface area is 78.3 Å². The molecule has 82 valence electrons. The number of hydrogen-bond acceptors (Lipinski definition) is 8. The average molecular weight is 209 g/mol. The Morgan fingerprint density at radius 2 is 1.86 bits per heavy atom. The van der Waals surface area contributed by atoms with Gasteiger partial charge in [-0.25, -0.2) is 0 Å². The van der Waals surface area contributed by atoms with Crippen molar-refractivity contribution in [2.24, 2.45) is 5.18 Å². The summed E-state index contributed by atoms with van der Waals surface area (Å²) in [6, 6.07) is 0. The monoisotopic (exact) mass is 209 g/mol. The van der Waals surface area contributed by atoms with Crippen LogP contribution in [0.4, 0.5) is 0 Å². The number of aliphatic hydroxyl groups excluding tert-OH is 4. The molecule has 1 heterocycles. The Bertz CT molecular complexity index is 222. The first-order valence-electron chi connectivity index (χ1n) is 3.86. The zero-order valence-corrected chi connectivity index (χ0v) is 7.02. The van der Waals surface area contributed by atoms with Crippen molar-refractivity contribution in [2.75, 3.05) is 6.61 Å². The summed E-state index contributed by atoms with van der Waals surface area (Å²) in [6.45, 7) is -0.733. The van der Waals surface area contributed by atoms with Gasteiger partial charge in [-0.1, -0.05) is 0 Å². The lowest BCUT2D eigenvalue weighted by Gasteiger charge is -2.40. The van der Waals surface area contributed by atoms with E-state index in [4.69, 9.17) is 15.3 Å². The standard InChI is InChI=1S/C6H11NO7/c8-1-2-3(9)4(10)5(11)6(12,7-13)14-2/h2-5,8-12H,1H2/t2-,3+,4+,5-,6+/m1/s1. The predicted molar refractivity (Wildman–Crippen MR) is 40.7 cm³/mol. The molecule has 1 saturated heterocycles. The van der Waals surface area contributed by atoms with Crippen molar-refractivity contribution in [1.29, 1.82) is 0 Å². The van der Waals surface area contributed by atoms with Crippen molar-refractivity contribution < 1.29 is 30.3 Å². The summed E-state index contributed by atoms with van der Waals surface area (Å²) in [5.74, 6) is -2.84. The molecule has 0 spiro atoms. The summed E-state index contributed by atoms with van der Waals surface area (Å²) < 4.78 is 4.43. The predicted octanol–water partition coefficient (Wildman–Crippen LogP) is -3.13. The van der Waals surface area contributed by atoms with E-state index in [9.17, 15) is 15.1 Å². The van der Waals surface area contributed by atoms with Crippen LogP contribution in [0.15, 0.2) is 5.18 Å². The topological polar surface area (TPSA) is 140 Å². The van der Waals surface area contributed by atoms with Gasteiger partial charge in [-0.15, -0.1) is 4.91 Å². The van der Waals surface area contributed by atoms with Gasteiger partial charge in [0.15, 0.2) is 6.10 Å². The third kappa shape index (κ3) is 1.63. The lowest BCUT2D eigenvalue weighted by atomic mass is 9.97. The van der Waals surface area contributed by atoms with Crippen LogP contribution in [0.2, 0.25) is 0 Å². The van der Waals surface area contributed by atoms with Crippen LogP contribution in [-0.4, -0.2) is 62.5 Å². The quantitative estimate of drug-likeness (QED) is 0.303. The van der Waals surface area contributed by atoms with E-state index in [-0.39, 0.29) is 0 Å². The van der Waals surface area contributed by atoms with E-state index in [2.05, 4.69) is 9.91 Å². The molecule has 5 N–H and O–H groups in total. The van der Waals surface area contributed by atoms with Crippen molar-refractivity contribution >= 4 is 0 Å². The molecule has 1 aliphatic rings. The van der Waals surface area contributed by atoms with Crippen LogP contribution in [0.25, 0.3) is 0 Å². The molecular formula is C6H11NO7. The fourth-order valence-electron chi connectivity index (χ4n) is 1.21. The van der Waals surface area contributed by atoms with Crippen molar-refractivity contribution in [3.05, 3.63) is 4.91 Å². The fourth-order valence-corrected chi connectivity index (χ4v) is 1.21. The van der Waals surface area contributed by atoms with E-state index in [0.29, 0.717) is 0 Å². The summed E-state index contributed by atoms with van der Waals surface area (Å²) in [5, 5.41) is 47.4. The second-order valence-electron chi connectivity index (χ2n) is 3.01. The molecule has 8 heteroatoms. The maximum Gasteiger partial charge on any atom is 0.335 e. The molecule has 0 unspecified atom stereocenters. The maximum atomic E-state index is 10.1. The fraction of sp³-hybridized carbons (Fsp3) is 1.00. The molecule has 14 heavy (non-hydrogen) atoms. The van der Waals surface area contributed by atoms with Crippen LogP contribution in [0.5, 0.6) is 0 Å². The van der Waals surface area contributed by atoms with Crippen molar-refractivity contribution in [2.45, 2.75) is 30.3 Å². The van der Waals surface area contributed by atoms with E-state index < -0.39 is 36.9 Å². The van der Waals surface area contributed by atoms with Crippen molar-refractivity contribution in [3.8, 4) is 0 Å². The normalized spacial score (nSPS) is 48.9. The van der Waals surface area contributed by atoms with E-state index >= 15 is 0 Å². The number of hydrogen-bond donors (Lipinski definition) is 5. The molecule has 0 amide bonds. The lowest BCUT2D eigenvalue weighted by molar-refractivity contribution is -0.346. The van der Waals surface area contributed by atoms with Crippen LogP contribution in [0.3, 0.4) is 0 Å². The van der Waals surface area contributed by atoms with E-state index in [1.807, 2.05) is 0 Å². The molecule has 0 bridgehead atoms. The van der Waals surface area contributed by atoms with Gasteiger partial charge < -0.3 is 30.3 Å². The van der Waals surface area contributed by atoms with Gasteiger partial charge >= 0.3 is 5.91 Å². The summed E-state index contributed by atoms with van der Waals surface area (Å²) in [6.07, 6.45) is -6.85. The number of aliphatic hydroxyl groups is 5. The molecule has 5 atom stereocenters. The zero-order valence-electron chi connectivity index (χ0n) is 7.02. The number of rotatable bonds is 2. The van der Waals surface area contributed by atoms with Gasteiger partial charge in [0.2, 0.25) is 0 Å². The van der Waals surface area contributed by atoms with Crippen LogP contribution >= 0.6 is 0 Å². The van der Waals surface area contributed by atoms with Crippen molar-refractivity contribution in [1.82, 2.24) is 0 Å². The number of nitrogens with zero attached hydrogens (tertiary/aromatic N) is 1. The SMILES string of the molecule is O=N[C@@]1(O)O[C@H](CO)[C@H](O)[C@H](O)[C@H]1O. The Kier molecular flexibility index (Phi) is 3.14. The molecule has 0 aliphatic carbocycles. The molecule has 0 aromatic rings. The molecule has 0 saturated carbocycles. The maximum absolute atomic E-state index is 10.1. The highest BCUT2D eigenvalue weighted by Gasteiger charge is 2.54. The van der Waals surface area contributed by atoms with Gasteiger partial charge in [-0.05, 0) is 0 Å². The minimum atomic E-state index is -2.84. The summed E-state index contributed by atoms with van der Waals surface area (Å²) in [4.78, 5) is 10.1. The third-order valence-corrected chi connectivity index (χ3v) is 2.08. The van der Waals surface area contributed by atoms with Crippen LogP contribution in [0.1, 0.15) is 0 Å². The summed E-state index contributed by atoms with van der Waals surface area (Å²) in [7, 11) is 0. The summed E-state index contributed by atoms with van der Waals surface area (Å²) in [5.41, 5.74) is 0. The summed E-state index contributed by atoms with van der Waals surface area (Å²) >= 11 is 0. The third-order valence-electron chi connectivity index (χ3n) is 2.08. The average Bonchev–Trinajstić information content (AvgIpc) is 2.20. The van der Waals surface area contributed by atoms with Gasteiger partial charge in [0.25, 0.3) is 0 Å². The van der Waals surface area contributed by atoms with Crippen LogP contribution in [0, 0.1) is 4.91 Å². The van der Waals surface area contributed by atoms with Gasteiger partial charge in [0.1, 0.15) is 18.3 Å². The van der Waals surface area contributed by atoms with Gasteiger partial charge in [0.05, 0.1) is 6.61 Å². The Morgan fingerprint density at radius 3 is 2.29 bits per heavy atom. The van der Waals surface area contributed by atoms with Crippen molar-refractivity contribution in [3.63, 3.8) is 0 Å². The minimum Gasteiger partial charge on any atom is -0.394 e. The minimum absolute atomic E-state index is 0.733. The highest BCUT2D eigenvalue weighted by molar-refractivity contribution is 4.94. The van der Waals surface area contributed by atoms with E-state index in [0.717, 1.165) is 0 Å². The molecule has 1 fully saturated rings. The molecule has 8 nitrogen and oxygen atoms in total. The Morgan fingerprint density at radius 1 is 1.29 bits per heavy atom. The highest BCUT2D eigenvalue weighted by atomic mass is 16.7. The molecule has 1 aliphatic heterocycles. The lowest BCUT2D eigenvalue weighted by Crippen LogP contribution is -2.64. The highest BCUT2D eigenvalue weighted by Crippen LogP contribution is 2.28. The van der Waals surface area contributed by atoms with Gasteiger partial charge in [-0.3, -0.25) is 0 Å². The first kappa shape index (κ1) is 11.4. The zero-order chi connectivity index (χ0) is 10.9. The number of nitroso groups, excluding NO2 is 1. The first-order valence-corrected chi connectivity index (χ1v) is 3.86. The van der Waals surface area contributed by atoms with Crippen LogP contribution in [-0.2, 0) is 4.74 Å². The Balaban J connectivity index is 2.89. The van der Waals surface area contributed by atoms with E-state index in [1.165, 1.54) is 0 Å².